The van der Waals surface area contributed by atoms with Gasteiger partial charge in [-0.3, -0.25) is 4.79 Å². The molecule has 3 rings (SSSR count). The molecule has 1 N–H and O–H groups in total. The second-order valence-corrected chi connectivity index (χ2v) is 6.24. The summed E-state index contributed by atoms with van der Waals surface area (Å²) in [4.78, 5) is 23.0. The Kier molecular flexibility index (Phi) is 4.98. The molecule has 7 heteroatoms. The van der Waals surface area contributed by atoms with E-state index in [0.29, 0.717) is 27.2 Å². The number of halogens is 2. The van der Waals surface area contributed by atoms with E-state index in [9.17, 15) is 4.79 Å². The smallest absolute Gasteiger partial charge is 0.258 e. The number of nitrogens with one attached hydrogen (secondary N) is 1. The van der Waals surface area contributed by atoms with Crippen molar-refractivity contribution in [2.24, 2.45) is 0 Å². The number of carbonyl (C=O) groups is 1. The van der Waals surface area contributed by atoms with Crippen LogP contribution in [0.1, 0.15) is 29.6 Å². The van der Waals surface area contributed by atoms with Crippen molar-refractivity contribution in [1.82, 2.24) is 9.97 Å². The Morgan fingerprint density at radius 2 is 1.78 bits per heavy atom. The Labute approximate surface area is 144 Å². The molecule has 1 aliphatic rings. The number of nitrogens with zero attached hydrogens (tertiary/aromatic N) is 3. The Morgan fingerprint density at radius 1 is 1.09 bits per heavy atom. The third-order valence-electron chi connectivity index (χ3n) is 3.72. The molecule has 0 radical (unpaired) electrons. The molecule has 1 aromatic heterocycles. The summed E-state index contributed by atoms with van der Waals surface area (Å²) in [7, 11) is 0. The van der Waals surface area contributed by atoms with Crippen LogP contribution in [0.5, 0.6) is 0 Å². The van der Waals surface area contributed by atoms with Gasteiger partial charge in [-0.25, -0.2) is 9.97 Å². The molecule has 0 unspecified atom stereocenters. The number of hydrogen-bond donors (Lipinski definition) is 1. The highest BCUT2D eigenvalue weighted by atomic mass is 35.5. The zero-order chi connectivity index (χ0) is 16.2. The van der Waals surface area contributed by atoms with Crippen molar-refractivity contribution in [3.05, 3.63) is 46.2 Å². The summed E-state index contributed by atoms with van der Waals surface area (Å²) in [5, 5.41) is 3.63. The third-order valence-corrected chi connectivity index (χ3v) is 4.27. The van der Waals surface area contributed by atoms with Gasteiger partial charge in [-0.1, -0.05) is 23.2 Å². The quantitative estimate of drug-likeness (QED) is 0.907. The lowest BCUT2D eigenvalue weighted by Crippen LogP contribution is -2.31. The van der Waals surface area contributed by atoms with Crippen LogP contribution in [-0.2, 0) is 0 Å². The van der Waals surface area contributed by atoms with Gasteiger partial charge in [-0.15, -0.1) is 0 Å². The SMILES string of the molecule is O=C(Nc1ccc(Cl)cc1Cl)c1cnc(N2CCCCC2)nc1. The molecule has 1 aromatic carbocycles. The fourth-order valence-corrected chi connectivity index (χ4v) is 2.94. The first-order valence-electron chi connectivity index (χ1n) is 7.47. The van der Waals surface area contributed by atoms with E-state index >= 15 is 0 Å². The van der Waals surface area contributed by atoms with E-state index in [4.69, 9.17) is 23.2 Å². The summed E-state index contributed by atoms with van der Waals surface area (Å²) in [6, 6.07) is 4.90. The van der Waals surface area contributed by atoms with Crippen LogP contribution < -0.4 is 10.2 Å². The molecule has 2 heterocycles. The van der Waals surface area contributed by atoms with Gasteiger partial charge >= 0.3 is 0 Å². The molecular weight excluding hydrogens is 335 g/mol. The van der Waals surface area contributed by atoms with Gasteiger partial charge in [0.1, 0.15) is 0 Å². The minimum absolute atomic E-state index is 0.306. The van der Waals surface area contributed by atoms with Gasteiger partial charge in [-0.2, -0.15) is 0 Å². The highest BCUT2D eigenvalue weighted by Crippen LogP contribution is 2.25. The second kappa shape index (κ2) is 7.15. The van der Waals surface area contributed by atoms with E-state index in [0.717, 1.165) is 25.9 Å². The monoisotopic (exact) mass is 350 g/mol. The molecule has 1 amide bonds. The molecular formula is C16H16Cl2N4O. The van der Waals surface area contributed by atoms with Crippen LogP contribution in [0, 0.1) is 0 Å². The molecule has 1 fully saturated rings. The molecule has 0 bridgehead atoms. The Hall–Kier alpha value is -1.85. The fraction of sp³-hybridized carbons (Fsp3) is 0.312. The zero-order valence-electron chi connectivity index (χ0n) is 12.4. The first kappa shape index (κ1) is 16.0. The third kappa shape index (κ3) is 3.92. The largest absolute Gasteiger partial charge is 0.341 e. The summed E-state index contributed by atoms with van der Waals surface area (Å²) in [5.41, 5.74) is 0.887. The van der Waals surface area contributed by atoms with Gasteiger partial charge in [0.15, 0.2) is 0 Å². The number of benzene rings is 1. The zero-order valence-corrected chi connectivity index (χ0v) is 13.9. The predicted octanol–water partition coefficient (Wildman–Crippen LogP) is 4.03. The summed E-state index contributed by atoms with van der Waals surface area (Å²) >= 11 is 11.9. The first-order chi connectivity index (χ1) is 11.1. The second-order valence-electron chi connectivity index (χ2n) is 5.40. The molecule has 0 atom stereocenters. The molecule has 0 spiro atoms. The topological polar surface area (TPSA) is 58.1 Å². The van der Waals surface area contributed by atoms with Crippen molar-refractivity contribution in [2.75, 3.05) is 23.3 Å². The van der Waals surface area contributed by atoms with Gasteiger partial charge in [0, 0.05) is 30.5 Å². The lowest BCUT2D eigenvalue weighted by Gasteiger charge is -2.26. The Morgan fingerprint density at radius 3 is 2.43 bits per heavy atom. The highest BCUT2D eigenvalue weighted by molar-refractivity contribution is 6.36. The van der Waals surface area contributed by atoms with E-state index < -0.39 is 0 Å². The number of rotatable bonds is 3. The minimum Gasteiger partial charge on any atom is -0.341 e. The van der Waals surface area contributed by atoms with Crippen molar-refractivity contribution in [3.8, 4) is 0 Å². The van der Waals surface area contributed by atoms with Crippen LogP contribution in [0.25, 0.3) is 0 Å². The van der Waals surface area contributed by atoms with Crippen LogP contribution >= 0.6 is 23.2 Å². The maximum Gasteiger partial charge on any atom is 0.258 e. The number of aromatic nitrogens is 2. The Balaban J connectivity index is 1.69. The van der Waals surface area contributed by atoms with Gasteiger partial charge < -0.3 is 10.2 Å². The van der Waals surface area contributed by atoms with Crippen LogP contribution in [0.3, 0.4) is 0 Å². The fourth-order valence-electron chi connectivity index (χ4n) is 2.48. The van der Waals surface area contributed by atoms with Gasteiger partial charge in [0.2, 0.25) is 5.95 Å². The van der Waals surface area contributed by atoms with Crippen LogP contribution in [-0.4, -0.2) is 29.0 Å². The van der Waals surface area contributed by atoms with E-state index in [1.807, 2.05) is 0 Å². The van der Waals surface area contributed by atoms with E-state index in [-0.39, 0.29) is 5.91 Å². The maximum atomic E-state index is 12.2. The number of anilines is 2. The molecule has 0 aliphatic carbocycles. The number of carbonyl (C=O) groups excluding carboxylic acids is 1. The normalized spacial score (nSPS) is 14.6. The van der Waals surface area contributed by atoms with Crippen LogP contribution in [0.4, 0.5) is 11.6 Å². The van der Waals surface area contributed by atoms with Crippen molar-refractivity contribution in [1.29, 1.82) is 0 Å². The van der Waals surface area contributed by atoms with Crippen molar-refractivity contribution in [2.45, 2.75) is 19.3 Å². The van der Waals surface area contributed by atoms with E-state index in [1.54, 1.807) is 18.2 Å². The lowest BCUT2D eigenvalue weighted by molar-refractivity contribution is 0.102. The van der Waals surface area contributed by atoms with Gasteiger partial charge in [0.25, 0.3) is 5.91 Å². The average molecular weight is 351 g/mol. The molecule has 1 aliphatic heterocycles. The summed E-state index contributed by atoms with van der Waals surface area (Å²) < 4.78 is 0. The standard InChI is InChI=1S/C16H16Cl2N4O/c17-12-4-5-14(13(18)8-12)21-15(23)11-9-19-16(20-10-11)22-6-2-1-3-7-22/h4-5,8-10H,1-3,6-7H2,(H,21,23). The molecule has 23 heavy (non-hydrogen) atoms. The summed E-state index contributed by atoms with van der Waals surface area (Å²) in [6.45, 7) is 1.93. The number of amides is 1. The molecule has 0 saturated carbocycles. The summed E-state index contributed by atoms with van der Waals surface area (Å²) in [5.74, 6) is 0.366. The van der Waals surface area contributed by atoms with Crippen LogP contribution in [0.2, 0.25) is 10.0 Å². The Bertz CT molecular complexity index is 700. The summed E-state index contributed by atoms with van der Waals surface area (Å²) in [6.07, 6.45) is 6.63. The minimum atomic E-state index is -0.306. The molecule has 5 nitrogen and oxygen atoms in total. The maximum absolute atomic E-state index is 12.2. The highest BCUT2D eigenvalue weighted by Gasteiger charge is 2.15. The lowest BCUT2D eigenvalue weighted by atomic mass is 10.1. The average Bonchev–Trinajstić information content (AvgIpc) is 2.58. The molecule has 120 valence electrons. The first-order valence-corrected chi connectivity index (χ1v) is 8.22. The number of hydrogen-bond acceptors (Lipinski definition) is 4. The van der Waals surface area contributed by atoms with E-state index in [2.05, 4.69) is 20.2 Å². The van der Waals surface area contributed by atoms with Crippen LogP contribution in [0.15, 0.2) is 30.6 Å². The van der Waals surface area contributed by atoms with Gasteiger partial charge in [-0.05, 0) is 37.5 Å². The van der Waals surface area contributed by atoms with Crippen molar-refractivity contribution in [3.63, 3.8) is 0 Å². The predicted molar refractivity (Wildman–Crippen MR) is 92.5 cm³/mol. The molecule has 1 saturated heterocycles. The molecule has 2 aromatic rings. The van der Waals surface area contributed by atoms with Crippen molar-refractivity contribution < 1.29 is 4.79 Å². The van der Waals surface area contributed by atoms with E-state index in [1.165, 1.54) is 18.8 Å². The van der Waals surface area contributed by atoms with Gasteiger partial charge in [0.05, 0.1) is 16.3 Å². The number of piperidine rings is 1. The van der Waals surface area contributed by atoms with Crippen molar-refractivity contribution >= 4 is 40.7 Å².